The van der Waals surface area contributed by atoms with Gasteiger partial charge in [0, 0.05) is 0 Å². The van der Waals surface area contributed by atoms with E-state index in [0.29, 0.717) is 5.41 Å². The van der Waals surface area contributed by atoms with Crippen molar-refractivity contribution in [3.8, 4) is 0 Å². The van der Waals surface area contributed by atoms with Crippen molar-refractivity contribution >= 4 is 0 Å². The fraction of sp³-hybridized carbons (Fsp3) is 1.00. The van der Waals surface area contributed by atoms with Crippen molar-refractivity contribution in [2.45, 2.75) is 33.6 Å². The molecule has 0 aromatic rings. The highest BCUT2D eigenvalue weighted by Crippen LogP contribution is 2.47. The fourth-order valence-electron chi connectivity index (χ4n) is 3.17. The second-order valence-corrected chi connectivity index (χ2v) is 5.73. The van der Waals surface area contributed by atoms with Gasteiger partial charge < -0.3 is 5.32 Å². The molecule has 1 aliphatic heterocycles. The zero-order valence-electron chi connectivity index (χ0n) is 8.56. The van der Waals surface area contributed by atoms with Gasteiger partial charge in [-0.2, -0.15) is 0 Å². The van der Waals surface area contributed by atoms with Crippen LogP contribution in [-0.4, -0.2) is 13.1 Å². The zero-order chi connectivity index (χ0) is 8.77. The van der Waals surface area contributed by atoms with Gasteiger partial charge in [0.25, 0.3) is 0 Å². The first-order valence-electron chi connectivity index (χ1n) is 5.28. The normalized spacial score (nSPS) is 41.8. The first-order chi connectivity index (χ1) is 5.57. The topological polar surface area (TPSA) is 12.0 Å². The van der Waals surface area contributed by atoms with Gasteiger partial charge in [0.15, 0.2) is 0 Å². The molecule has 0 amide bonds. The molecule has 1 heterocycles. The molecule has 0 aromatic heterocycles. The third kappa shape index (κ3) is 1.39. The maximum Gasteiger partial charge on any atom is -0.00174 e. The Morgan fingerprint density at radius 1 is 1.08 bits per heavy atom. The second kappa shape index (κ2) is 2.73. The third-order valence-electron chi connectivity index (χ3n) is 3.74. The summed E-state index contributed by atoms with van der Waals surface area (Å²) in [6.45, 7) is 9.76. The van der Waals surface area contributed by atoms with E-state index in [9.17, 15) is 0 Å². The lowest BCUT2D eigenvalue weighted by molar-refractivity contribution is 0.186. The maximum atomic E-state index is 3.55. The summed E-state index contributed by atoms with van der Waals surface area (Å²) in [6, 6.07) is 0. The van der Waals surface area contributed by atoms with Crippen molar-refractivity contribution in [2.75, 3.05) is 13.1 Å². The van der Waals surface area contributed by atoms with Crippen molar-refractivity contribution < 1.29 is 0 Å². The van der Waals surface area contributed by atoms with Gasteiger partial charge in [-0.05, 0) is 49.1 Å². The Bertz CT molecular complexity index is 168. The highest BCUT2D eigenvalue weighted by molar-refractivity contribution is 4.94. The van der Waals surface area contributed by atoms with Gasteiger partial charge in [-0.15, -0.1) is 0 Å². The van der Waals surface area contributed by atoms with Crippen molar-refractivity contribution in [1.82, 2.24) is 5.32 Å². The number of fused-ring (bicyclic) bond motifs is 2. The van der Waals surface area contributed by atoms with Crippen LogP contribution in [0.1, 0.15) is 33.6 Å². The van der Waals surface area contributed by atoms with E-state index in [1.807, 2.05) is 0 Å². The standard InChI is InChI=1S/C11H21N/c1-11(2,3)10-5-8-4-9(10)7-12-6-8/h8-10,12H,4-7H2,1-3H3. The molecule has 2 bridgehead atoms. The van der Waals surface area contributed by atoms with Crippen LogP contribution in [0.25, 0.3) is 0 Å². The van der Waals surface area contributed by atoms with Gasteiger partial charge in [-0.1, -0.05) is 20.8 Å². The minimum absolute atomic E-state index is 0.533. The van der Waals surface area contributed by atoms with Crippen LogP contribution in [0.15, 0.2) is 0 Å². The van der Waals surface area contributed by atoms with Crippen LogP contribution in [0.3, 0.4) is 0 Å². The van der Waals surface area contributed by atoms with Crippen molar-refractivity contribution in [1.29, 1.82) is 0 Å². The summed E-state index contributed by atoms with van der Waals surface area (Å²) in [5.41, 5.74) is 0.533. The molecule has 1 aliphatic carbocycles. The average molecular weight is 167 g/mol. The minimum atomic E-state index is 0.533. The van der Waals surface area contributed by atoms with Gasteiger partial charge >= 0.3 is 0 Å². The molecule has 0 radical (unpaired) electrons. The van der Waals surface area contributed by atoms with Crippen LogP contribution in [0.2, 0.25) is 0 Å². The monoisotopic (exact) mass is 167 g/mol. The lowest BCUT2D eigenvalue weighted by Crippen LogP contribution is -2.34. The van der Waals surface area contributed by atoms with Gasteiger partial charge in [-0.3, -0.25) is 0 Å². The van der Waals surface area contributed by atoms with E-state index >= 15 is 0 Å². The van der Waals surface area contributed by atoms with Gasteiger partial charge in [-0.25, -0.2) is 0 Å². The van der Waals surface area contributed by atoms with E-state index in [-0.39, 0.29) is 0 Å². The summed E-state index contributed by atoms with van der Waals surface area (Å²) < 4.78 is 0. The Morgan fingerprint density at radius 3 is 2.42 bits per heavy atom. The van der Waals surface area contributed by atoms with E-state index in [1.165, 1.54) is 25.9 Å². The van der Waals surface area contributed by atoms with E-state index in [0.717, 1.165) is 17.8 Å². The molecule has 1 saturated heterocycles. The van der Waals surface area contributed by atoms with E-state index < -0.39 is 0 Å². The average Bonchev–Trinajstić information content (AvgIpc) is 2.25. The summed E-state index contributed by atoms with van der Waals surface area (Å²) in [5.74, 6) is 2.94. The fourth-order valence-corrected chi connectivity index (χ4v) is 3.17. The molecule has 1 heteroatoms. The van der Waals surface area contributed by atoms with Crippen LogP contribution in [-0.2, 0) is 0 Å². The summed E-state index contributed by atoms with van der Waals surface area (Å²) in [6.07, 6.45) is 2.97. The quantitative estimate of drug-likeness (QED) is 0.583. The molecule has 2 aliphatic rings. The summed E-state index contributed by atoms with van der Waals surface area (Å²) in [5, 5.41) is 3.55. The number of nitrogens with one attached hydrogen (secondary N) is 1. The van der Waals surface area contributed by atoms with Crippen LogP contribution < -0.4 is 5.32 Å². The van der Waals surface area contributed by atoms with Gasteiger partial charge in [0.1, 0.15) is 0 Å². The largest absolute Gasteiger partial charge is 0.316 e. The number of hydrogen-bond donors (Lipinski definition) is 1. The van der Waals surface area contributed by atoms with E-state index in [2.05, 4.69) is 26.1 Å². The minimum Gasteiger partial charge on any atom is -0.316 e. The molecule has 1 saturated carbocycles. The first-order valence-corrected chi connectivity index (χ1v) is 5.28. The predicted molar refractivity (Wildman–Crippen MR) is 52.0 cm³/mol. The Hall–Kier alpha value is -0.0400. The van der Waals surface area contributed by atoms with Gasteiger partial charge in [0.2, 0.25) is 0 Å². The smallest absolute Gasteiger partial charge is 0.00174 e. The Balaban J connectivity index is 2.09. The zero-order valence-corrected chi connectivity index (χ0v) is 8.56. The Morgan fingerprint density at radius 2 is 1.83 bits per heavy atom. The van der Waals surface area contributed by atoms with Crippen LogP contribution in [0.4, 0.5) is 0 Å². The number of rotatable bonds is 0. The van der Waals surface area contributed by atoms with Crippen LogP contribution >= 0.6 is 0 Å². The van der Waals surface area contributed by atoms with Crippen molar-refractivity contribution in [2.24, 2.45) is 23.2 Å². The molecule has 2 rings (SSSR count). The summed E-state index contributed by atoms with van der Waals surface area (Å²) in [4.78, 5) is 0. The maximum absolute atomic E-state index is 3.55. The molecule has 12 heavy (non-hydrogen) atoms. The molecule has 0 spiro atoms. The molecule has 0 aromatic carbocycles. The molecule has 70 valence electrons. The number of hydrogen-bond acceptors (Lipinski definition) is 1. The molecule has 1 nitrogen and oxygen atoms in total. The van der Waals surface area contributed by atoms with Gasteiger partial charge in [0.05, 0.1) is 0 Å². The molecule has 2 fully saturated rings. The lowest BCUT2D eigenvalue weighted by Gasteiger charge is -2.32. The molecule has 1 N–H and O–H groups in total. The Labute approximate surface area is 75.9 Å². The molecule has 3 unspecified atom stereocenters. The highest BCUT2D eigenvalue weighted by atomic mass is 14.9. The molecular formula is C11H21N. The lowest BCUT2D eigenvalue weighted by atomic mass is 9.75. The molecule has 3 atom stereocenters. The van der Waals surface area contributed by atoms with E-state index in [4.69, 9.17) is 0 Å². The second-order valence-electron chi connectivity index (χ2n) is 5.73. The predicted octanol–water partition coefficient (Wildman–Crippen LogP) is 2.28. The third-order valence-corrected chi connectivity index (χ3v) is 3.74. The van der Waals surface area contributed by atoms with Crippen LogP contribution in [0, 0.1) is 23.2 Å². The van der Waals surface area contributed by atoms with Crippen LogP contribution in [0.5, 0.6) is 0 Å². The molecular weight excluding hydrogens is 146 g/mol. The highest BCUT2D eigenvalue weighted by Gasteiger charge is 2.42. The Kier molecular flexibility index (Phi) is 1.95. The van der Waals surface area contributed by atoms with E-state index in [1.54, 1.807) is 0 Å². The summed E-state index contributed by atoms with van der Waals surface area (Å²) in [7, 11) is 0. The van der Waals surface area contributed by atoms with Crippen molar-refractivity contribution in [3.05, 3.63) is 0 Å². The van der Waals surface area contributed by atoms with Crippen molar-refractivity contribution in [3.63, 3.8) is 0 Å². The first kappa shape index (κ1) is 8.55. The summed E-state index contributed by atoms with van der Waals surface area (Å²) >= 11 is 0. The number of piperidine rings is 1. The SMILES string of the molecule is CC(C)(C)C1CC2CNCC1C2.